The molecule has 1 aliphatic rings. The van der Waals surface area contributed by atoms with Crippen molar-refractivity contribution >= 4 is 5.97 Å². The Hall–Kier alpha value is -2.14. The third-order valence-electron chi connectivity index (χ3n) is 3.95. The number of nitrogens with one attached hydrogen (secondary N) is 2. The van der Waals surface area contributed by atoms with Crippen LogP contribution in [0.25, 0.3) is 0 Å². The maximum Gasteiger partial charge on any atom is 0.335 e. The molecule has 0 amide bonds. The number of aromatic carboxylic acids is 1. The Labute approximate surface area is 117 Å². The summed E-state index contributed by atoms with van der Waals surface area (Å²) >= 11 is 0. The van der Waals surface area contributed by atoms with Gasteiger partial charge >= 0.3 is 5.97 Å². The highest BCUT2D eigenvalue weighted by molar-refractivity contribution is 5.87. The molecule has 0 aliphatic carbocycles. The molecule has 2 aromatic rings. The quantitative estimate of drug-likeness (QED) is 0.800. The van der Waals surface area contributed by atoms with Gasteiger partial charge < -0.3 is 10.4 Å². The topological polar surface area (TPSA) is 78.0 Å². The molecular formula is C15H17N3O2. The SMILES string of the molecule is O=C(O)c1ccc([C@@H]2CC(c3cn[nH]c3)CCN2)cc1. The summed E-state index contributed by atoms with van der Waals surface area (Å²) in [7, 11) is 0. The van der Waals surface area contributed by atoms with Crippen LogP contribution in [0.1, 0.15) is 46.3 Å². The molecule has 0 saturated carbocycles. The van der Waals surface area contributed by atoms with Crippen molar-refractivity contribution in [3.8, 4) is 0 Å². The zero-order valence-electron chi connectivity index (χ0n) is 11.0. The van der Waals surface area contributed by atoms with Gasteiger partial charge in [-0.1, -0.05) is 12.1 Å². The molecule has 5 nitrogen and oxygen atoms in total. The van der Waals surface area contributed by atoms with Crippen LogP contribution in [-0.2, 0) is 0 Å². The van der Waals surface area contributed by atoms with Crippen LogP contribution in [0.2, 0.25) is 0 Å². The molecule has 2 atom stereocenters. The number of carbonyl (C=O) groups is 1. The molecule has 1 saturated heterocycles. The summed E-state index contributed by atoms with van der Waals surface area (Å²) in [5.74, 6) is -0.386. The van der Waals surface area contributed by atoms with Crippen LogP contribution in [0, 0.1) is 0 Å². The second kappa shape index (κ2) is 5.46. The molecule has 1 aromatic heterocycles. The minimum Gasteiger partial charge on any atom is -0.478 e. The van der Waals surface area contributed by atoms with Gasteiger partial charge in [-0.2, -0.15) is 5.10 Å². The summed E-state index contributed by atoms with van der Waals surface area (Å²) < 4.78 is 0. The average molecular weight is 271 g/mol. The molecule has 1 aromatic carbocycles. The first-order valence-corrected chi connectivity index (χ1v) is 6.79. The number of hydrogen-bond acceptors (Lipinski definition) is 3. The van der Waals surface area contributed by atoms with Crippen LogP contribution < -0.4 is 5.32 Å². The number of H-pyrrole nitrogens is 1. The van der Waals surface area contributed by atoms with Crippen molar-refractivity contribution in [1.82, 2.24) is 15.5 Å². The lowest BCUT2D eigenvalue weighted by Gasteiger charge is -2.30. The van der Waals surface area contributed by atoms with E-state index in [9.17, 15) is 4.79 Å². The average Bonchev–Trinajstić information content (AvgIpc) is 3.02. The molecule has 3 rings (SSSR count). The van der Waals surface area contributed by atoms with Gasteiger partial charge in [0, 0.05) is 12.2 Å². The number of carboxylic acids is 1. The Balaban J connectivity index is 1.75. The van der Waals surface area contributed by atoms with Gasteiger partial charge in [0.05, 0.1) is 11.8 Å². The molecule has 20 heavy (non-hydrogen) atoms. The van der Waals surface area contributed by atoms with Gasteiger partial charge in [0.25, 0.3) is 0 Å². The fourth-order valence-electron chi connectivity index (χ4n) is 2.82. The normalized spacial score (nSPS) is 22.6. The standard InChI is InChI=1S/C15H17N3O2/c19-15(20)11-3-1-10(2-4-11)14-7-12(5-6-16-14)13-8-17-18-9-13/h1-4,8-9,12,14,16H,5-7H2,(H,17,18)(H,19,20)/t12?,14-/m0/s1. The van der Waals surface area contributed by atoms with E-state index in [1.165, 1.54) is 5.56 Å². The summed E-state index contributed by atoms with van der Waals surface area (Å²) in [4.78, 5) is 10.9. The smallest absolute Gasteiger partial charge is 0.335 e. The maximum absolute atomic E-state index is 10.9. The van der Waals surface area contributed by atoms with Gasteiger partial charge in [-0.3, -0.25) is 5.10 Å². The number of rotatable bonds is 3. The lowest BCUT2D eigenvalue weighted by molar-refractivity contribution is 0.0697. The lowest BCUT2D eigenvalue weighted by atomic mass is 9.85. The summed E-state index contributed by atoms with van der Waals surface area (Å²) in [6.45, 7) is 0.960. The number of aromatic nitrogens is 2. The van der Waals surface area contributed by atoms with Gasteiger partial charge in [-0.25, -0.2) is 4.79 Å². The van der Waals surface area contributed by atoms with Crippen LogP contribution in [0.5, 0.6) is 0 Å². The molecule has 0 spiro atoms. The minimum absolute atomic E-state index is 0.270. The highest BCUT2D eigenvalue weighted by Gasteiger charge is 2.24. The summed E-state index contributed by atoms with van der Waals surface area (Å²) in [6.07, 6.45) is 5.95. The van der Waals surface area contributed by atoms with Crippen LogP contribution in [0.15, 0.2) is 36.7 Å². The molecule has 2 heterocycles. The maximum atomic E-state index is 10.9. The van der Waals surface area contributed by atoms with Crippen molar-refractivity contribution in [2.24, 2.45) is 0 Å². The first-order chi connectivity index (χ1) is 9.74. The van der Waals surface area contributed by atoms with E-state index in [0.717, 1.165) is 24.9 Å². The van der Waals surface area contributed by atoms with Crippen molar-refractivity contribution in [1.29, 1.82) is 0 Å². The molecule has 0 bridgehead atoms. The molecule has 1 aliphatic heterocycles. The number of aromatic amines is 1. The van der Waals surface area contributed by atoms with Crippen LogP contribution in [0.3, 0.4) is 0 Å². The van der Waals surface area contributed by atoms with Crippen molar-refractivity contribution in [3.63, 3.8) is 0 Å². The highest BCUT2D eigenvalue weighted by atomic mass is 16.4. The van der Waals surface area contributed by atoms with Crippen LogP contribution >= 0.6 is 0 Å². The van der Waals surface area contributed by atoms with Crippen LogP contribution in [0.4, 0.5) is 0 Å². The van der Waals surface area contributed by atoms with Gasteiger partial charge in [0.1, 0.15) is 0 Å². The van der Waals surface area contributed by atoms with Crippen LogP contribution in [-0.4, -0.2) is 27.8 Å². The second-order valence-corrected chi connectivity index (χ2v) is 5.19. The molecule has 3 N–H and O–H groups in total. The highest BCUT2D eigenvalue weighted by Crippen LogP contribution is 2.33. The number of benzene rings is 1. The first-order valence-electron chi connectivity index (χ1n) is 6.79. The third kappa shape index (κ3) is 2.58. The summed E-state index contributed by atoms with van der Waals surface area (Å²) in [5, 5.41) is 19.3. The fourth-order valence-corrected chi connectivity index (χ4v) is 2.82. The molecule has 1 unspecified atom stereocenters. The number of carboxylic acid groups (broad SMARTS) is 1. The van der Waals surface area contributed by atoms with E-state index in [1.54, 1.807) is 12.1 Å². The van der Waals surface area contributed by atoms with Crippen molar-refractivity contribution in [2.45, 2.75) is 24.8 Å². The summed E-state index contributed by atoms with van der Waals surface area (Å²) in [5.41, 5.74) is 2.72. The fraction of sp³-hybridized carbons (Fsp3) is 0.333. The molecule has 5 heteroatoms. The van der Waals surface area contributed by atoms with Crippen molar-refractivity contribution in [3.05, 3.63) is 53.3 Å². The monoisotopic (exact) mass is 271 g/mol. The van der Waals surface area contributed by atoms with Gasteiger partial charge in [0.2, 0.25) is 0 Å². The zero-order valence-corrected chi connectivity index (χ0v) is 11.0. The predicted molar refractivity (Wildman–Crippen MR) is 74.7 cm³/mol. The van der Waals surface area contributed by atoms with Crippen molar-refractivity contribution < 1.29 is 9.90 Å². The molecule has 0 radical (unpaired) electrons. The van der Waals surface area contributed by atoms with E-state index < -0.39 is 5.97 Å². The Morgan fingerprint density at radius 2 is 2.05 bits per heavy atom. The van der Waals surface area contributed by atoms with E-state index in [2.05, 4.69) is 15.5 Å². The molecular weight excluding hydrogens is 254 g/mol. The minimum atomic E-state index is -0.885. The Kier molecular flexibility index (Phi) is 3.52. The van der Waals surface area contributed by atoms with E-state index >= 15 is 0 Å². The third-order valence-corrected chi connectivity index (χ3v) is 3.95. The Bertz CT molecular complexity index is 578. The van der Waals surface area contributed by atoms with Gasteiger partial charge in [-0.15, -0.1) is 0 Å². The van der Waals surface area contributed by atoms with E-state index in [1.807, 2.05) is 24.5 Å². The largest absolute Gasteiger partial charge is 0.478 e. The van der Waals surface area contributed by atoms with Crippen molar-refractivity contribution in [2.75, 3.05) is 6.54 Å². The van der Waals surface area contributed by atoms with E-state index in [-0.39, 0.29) is 6.04 Å². The van der Waals surface area contributed by atoms with Gasteiger partial charge in [-0.05, 0) is 48.6 Å². The lowest BCUT2D eigenvalue weighted by Crippen LogP contribution is -2.30. The van der Waals surface area contributed by atoms with Gasteiger partial charge in [0.15, 0.2) is 0 Å². The molecule has 1 fully saturated rings. The molecule has 104 valence electrons. The number of nitrogens with zero attached hydrogens (tertiary/aromatic N) is 1. The summed E-state index contributed by atoms with van der Waals surface area (Å²) in [6, 6.07) is 7.41. The number of piperidine rings is 1. The van der Waals surface area contributed by atoms with E-state index in [0.29, 0.717) is 11.5 Å². The van der Waals surface area contributed by atoms with E-state index in [4.69, 9.17) is 5.11 Å². The Morgan fingerprint density at radius 1 is 1.25 bits per heavy atom. The second-order valence-electron chi connectivity index (χ2n) is 5.19. The first kappa shape index (κ1) is 12.9. The zero-order chi connectivity index (χ0) is 13.9. The Morgan fingerprint density at radius 3 is 2.70 bits per heavy atom. The number of hydrogen-bond donors (Lipinski definition) is 3. The predicted octanol–water partition coefficient (Wildman–Crippen LogP) is 2.32.